The number of hydrogen-bond acceptors (Lipinski definition) is 3. The van der Waals surface area contributed by atoms with Crippen LogP contribution in [0.15, 0.2) is 95.9 Å². The van der Waals surface area contributed by atoms with E-state index in [2.05, 4.69) is 46.5 Å². The van der Waals surface area contributed by atoms with Crippen molar-refractivity contribution in [1.82, 2.24) is 9.97 Å². The molecule has 175 valence electrons. The summed E-state index contributed by atoms with van der Waals surface area (Å²) in [5.74, 6) is 0.576. The summed E-state index contributed by atoms with van der Waals surface area (Å²) >= 11 is 0. The Morgan fingerprint density at radius 2 is 1.74 bits per heavy atom. The summed E-state index contributed by atoms with van der Waals surface area (Å²) in [6.45, 7) is 5.32. The molecule has 0 amide bonds. The zero-order valence-corrected chi connectivity index (χ0v) is 21.9. The molecule has 1 radical (unpaired) electrons. The van der Waals surface area contributed by atoms with Gasteiger partial charge in [0.25, 0.3) is 6.20 Å². The first-order valence-corrected chi connectivity index (χ1v) is 11.3. The first kappa shape index (κ1) is 24.4. The Kier molecular flexibility index (Phi) is 7.79. The van der Waals surface area contributed by atoms with Crippen molar-refractivity contribution in [3.05, 3.63) is 104 Å². The number of pyridine rings is 2. The van der Waals surface area contributed by atoms with Gasteiger partial charge < -0.3 is 9.40 Å². The summed E-state index contributed by atoms with van der Waals surface area (Å²) in [6.07, 6.45) is 7.53. The van der Waals surface area contributed by atoms with E-state index >= 15 is 0 Å². The van der Waals surface area contributed by atoms with Crippen molar-refractivity contribution in [2.24, 2.45) is 5.92 Å². The molecule has 4 heterocycles. The van der Waals surface area contributed by atoms with Crippen LogP contribution in [0.4, 0.5) is 5.69 Å². The number of benzene rings is 2. The van der Waals surface area contributed by atoms with E-state index in [-0.39, 0.29) is 20.1 Å². The number of fused-ring (bicyclic) bond motifs is 3. The largest absolute Gasteiger partial charge is 0.495 e. The van der Waals surface area contributed by atoms with E-state index in [1.165, 1.54) is 0 Å². The van der Waals surface area contributed by atoms with Crippen molar-refractivity contribution < 1.29 is 33.7 Å². The average Bonchev–Trinajstić information content (AvgIpc) is 3.49. The molecule has 5 aromatic rings. The summed E-state index contributed by atoms with van der Waals surface area (Å²) in [4.78, 5) is 8.51. The SMILES string of the molecule is CC(C)C[N+]1=C=[N+](c2[c-]ccc3c2oc2ncccc23)C=C1.[Ir].[c-]1ccccc1-c1ccccn1. The van der Waals surface area contributed by atoms with Crippen LogP contribution in [0.2, 0.25) is 0 Å². The van der Waals surface area contributed by atoms with E-state index < -0.39 is 0 Å². The molecule has 6 rings (SSSR count). The van der Waals surface area contributed by atoms with E-state index in [4.69, 9.17) is 4.42 Å². The van der Waals surface area contributed by atoms with Gasteiger partial charge >= 0.3 is 6.01 Å². The molecule has 1 aliphatic heterocycles. The molecule has 6 heteroatoms. The molecule has 1 aliphatic rings. The number of furan rings is 1. The van der Waals surface area contributed by atoms with Crippen LogP contribution in [0.1, 0.15) is 13.8 Å². The van der Waals surface area contributed by atoms with Gasteiger partial charge in [-0.1, -0.05) is 40.5 Å². The first-order chi connectivity index (χ1) is 16.7. The van der Waals surface area contributed by atoms with Crippen LogP contribution in [0, 0.1) is 18.1 Å². The molecule has 0 bridgehead atoms. The molecule has 0 N–H and O–H groups in total. The second-order valence-electron chi connectivity index (χ2n) is 8.33. The van der Waals surface area contributed by atoms with E-state index in [0.29, 0.717) is 11.6 Å². The summed E-state index contributed by atoms with van der Waals surface area (Å²) in [5.41, 5.74) is 4.31. The van der Waals surface area contributed by atoms with Gasteiger partial charge in [0.05, 0.1) is 5.58 Å². The smallest absolute Gasteiger partial charge is 0.493 e. The van der Waals surface area contributed by atoms with Gasteiger partial charge in [-0.2, -0.15) is 12.1 Å². The zero-order chi connectivity index (χ0) is 23.3. The van der Waals surface area contributed by atoms with E-state index in [1.807, 2.05) is 83.7 Å². The third-order valence-corrected chi connectivity index (χ3v) is 5.27. The molecule has 35 heavy (non-hydrogen) atoms. The fourth-order valence-corrected chi connectivity index (χ4v) is 3.79. The molecule has 3 aromatic heterocycles. The predicted molar refractivity (Wildman–Crippen MR) is 133 cm³/mol. The Bertz CT molecular complexity index is 1500. The van der Waals surface area contributed by atoms with Crippen molar-refractivity contribution in [2.75, 3.05) is 6.54 Å². The third-order valence-electron chi connectivity index (χ3n) is 5.27. The van der Waals surface area contributed by atoms with Gasteiger partial charge in [0.2, 0.25) is 11.9 Å². The third kappa shape index (κ3) is 5.52. The first-order valence-electron chi connectivity index (χ1n) is 11.3. The Morgan fingerprint density at radius 1 is 0.886 bits per heavy atom. The predicted octanol–water partition coefficient (Wildman–Crippen LogP) is 6.30. The minimum Gasteiger partial charge on any atom is -0.495 e. The van der Waals surface area contributed by atoms with Crippen molar-refractivity contribution in [2.45, 2.75) is 13.8 Å². The summed E-state index contributed by atoms with van der Waals surface area (Å²) in [6, 6.07) is 31.3. The normalized spacial score (nSPS) is 12.2. The van der Waals surface area contributed by atoms with Crippen LogP contribution < -0.4 is 0 Å². The molecule has 0 saturated heterocycles. The van der Waals surface area contributed by atoms with Crippen LogP contribution in [0.3, 0.4) is 0 Å². The molecule has 0 atom stereocenters. The van der Waals surface area contributed by atoms with Gasteiger partial charge in [0.1, 0.15) is 0 Å². The fraction of sp³-hybridized carbons (Fsp3) is 0.138. The minimum absolute atomic E-state index is 0. The number of nitrogens with zero attached hydrogens (tertiary/aromatic N) is 4. The minimum atomic E-state index is 0. The Hall–Kier alpha value is -3.69. The van der Waals surface area contributed by atoms with Crippen molar-refractivity contribution >= 4 is 33.8 Å². The van der Waals surface area contributed by atoms with E-state index in [0.717, 1.165) is 39.8 Å². The summed E-state index contributed by atoms with van der Waals surface area (Å²) in [7, 11) is 0. The Balaban J connectivity index is 0.000000189. The van der Waals surface area contributed by atoms with Gasteiger partial charge in [-0.3, -0.25) is 0 Å². The topological polar surface area (TPSA) is 44.9 Å². The molecule has 0 fully saturated rings. The fourth-order valence-electron chi connectivity index (χ4n) is 3.79. The molecular formula is C29H24IrN4O. The second kappa shape index (κ2) is 11.2. The standard InChI is InChI=1S/C18H16N3O.C11H8N.Ir/c1-13(2)11-20-9-10-21(12-20)16-7-3-5-14-15-6-4-8-19-18(15)22-17(14)16;1-2-6-10(7-3-1)11-8-4-5-9-12-11;/h3-6,8-10,13H,11H2,1-2H3;1-6,8-9H;/q+1;-1;. The maximum atomic E-state index is 5.94. The van der Waals surface area contributed by atoms with Crippen LogP contribution in [0.5, 0.6) is 0 Å². The van der Waals surface area contributed by atoms with Gasteiger partial charge in [-0.25, -0.2) is 4.98 Å². The van der Waals surface area contributed by atoms with Gasteiger partial charge in [-0.05, 0) is 23.9 Å². The van der Waals surface area contributed by atoms with Crippen molar-refractivity contribution in [3.63, 3.8) is 0 Å². The van der Waals surface area contributed by atoms with Crippen LogP contribution in [-0.2, 0) is 20.1 Å². The molecule has 0 spiro atoms. The molecule has 0 saturated carbocycles. The van der Waals surface area contributed by atoms with Crippen LogP contribution in [0.25, 0.3) is 33.3 Å². The van der Waals surface area contributed by atoms with Gasteiger partial charge in [-0.15, -0.1) is 42.0 Å². The van der Waals surface area contributed by atoms with E-state index in [9.17, 15) is 0 Å². The van der Waals surface area contributed by atoms with Crippen LogP contribution >= 0.6 is 0 Å². The van der Waals surface area contributed by atoms with E-state index in [1.54, 1.807) is 12.4 Å². The number of aromatic nitrogens is 2. The quantitative estimate of drug-likeness (QED) is 0.172. The van der Waals surface area contributed by atoms with Gasteiger partial charge in [0.15, 0.2) is 12.2 Å². The molecule has 2 aromatic carbocycles. The summed E-state index contributed by atoms with van der Waals surface area (Å²) in [5, 5.41) is 2.07. The van der Waals surface area contributed by atoms with Crippen LogP contribution in [-0.4, -0.2) is 31.7 Å². The number of rotatable bonds is 4. The molecular weight excluding hydrogens is 613 g/mol. The maximum absolute atomic E-state index is 5.94. The molecule has 5 nitrogen and oxygen atoms in total. The average molecular weight is 637 g/mol. The second-order valence-corrected chi connectivity index (χ2v) is 8.33. The molecule has 0 unspecified atom stereocenters. The Morgan fingerprint density at radius 3 is 2.51 bits per heavy atom. The van der Waals surface area contributed by atoms with Crippen molar-refractivity contribution in [1.29, 1.82) is 0 Å². The van der Waals surface area contributed by atoms with Crippen molar-refractivity contribution in [3.8, 4) is 11.3 Å². The number of hydrogen-bond donors (Lipinski definition) is 0. The monoisotopic (exact) mass is 637 g/mol. The maximum Gasteiger partial charge on any atom is 0.493 e. The zero-order valence-electron chi connectivity index (χ0n) is 19.5. The molecule has 0 aliphatic carbocycles. The summed E-state index contributed by atoms with van der Waals surface area (Å²) < 4.78 is 9.91. The Labute approximate surface area is 218 Å². The van der Waals surface area contributed by atoms with Gasteiger partial charge in [0, 0.05) is 43.8 Å².